The maximum atomic E-state index is 12.2. The Labute approximate surface area is 185 Å². The molecule has 4 rings (SSSR count). The van der Waals surface area contributed by atoms with Crippen molar-refractivity contribution in [2.75, 3.05) is 13.2 Å². The van der Waals surface area contributed by atoms with Gasteiger partial charge in [0.1, 0.15) is 11.4 Å². The number of halogens is 2. The molecule has 1 aliphatic rings. The van der Waals surface area contributed by atoms with Gasteiger partial charge in [0.2, 0.25) is 0 Å². The quantitative estimate of drug-likeness (QED) is 0.567. The molecule has 2 aromatic carbocycles. The van der Waals surface area contributed by atoms with Crippen molar-refractivity contribution in [1.82, 2.24) is 20.4 Å². The number of nitrogens with zero attached hydrogens (tertiary/aromatic N) is 2. The Balaban J connectivity index is 1.89. The number of urea groups is 1. The zero-order valence-corrected chi connectivity index (χ0v) is 18.0. The van der Waals surface area contributed by atoms with E-state index in [1.54, 1.807) is 4.68 Å². The molecule has 156 valence electrons. The fourth-order valence-electron chi connectivity index (χ4n) is 3.56. The highest BCUT2D eigenvalue weighted by atomic mass is 35.5. The van der Waals surface area contributed by atoms with Crippen LogP contribution in [0.3, 0.4) is 0 Å². The van der Waals surface area contributed by atoms with Gasteiger partial charge in [-0.3, -0.25) is 0 Å². The maximum Gasteiger partial charge on any atom is 0.315 e. The van der Waals surface area contributed by atoms with E-state index in [9.17, 15) is 4.79 Å². The van der Waals surface area contributed by atoms with E-state index in [1.165, 1.54) is 0 Å². The lowest BCUT2D eigenvalue weighted by atomic mass is 10.1. The van der Waals surface area contributed by atoms with Crippen molar-refractivity contribution in [3.05, 3.63) is 64.3 Å². The number of hydrogen-bond donors (Lipinski definition) is 2. The van der Waals surface area contributed by atoms with Crippen molar-refractivity contribution in [3.8, 4) is 22.7 Å². The Morgan fingerprint density at radius 2 is 1.97 bits per heavy atom. The van der Waals surface area contributed by atoms with Crippen molar-refractivity contribution in [1.29, 1.82) is 0 Å². The van der Waals surface area contributed by atoms with E-state index in [0.29, 0.717) is 34.6 Å². The molecule has 1 aromatic heterocycles. The van der Waals surface area contributed by atoms with Crippen molar-refractivity contribution < 1.29 is 9.53 Å². The van der Waals surface area contributed by atoms with Crippen LogP contribution in [0.25, 0.3) is 16.9 Å². The van der Waals surface area contributed by atoms with Gasteiger partial charge in [-0.15, -0.1) is 0 Å². The molecule has 3 aromatic rings. The number of ether oxygens (including phenoxy) is 1. The van der Waals surface area contributed by atoms with Crippen LogP contribution in [0.4, 0.5) is 4.79 Å². The van der Waals surface area contributed by atoms with Crippen LogP contribution in [0.2, 0.25) is 10.0 Å². The standard InChI is InChI=1S/C22H22Cl2N4O2/c1-2-25-22(29)26-17-7-5-13-30-21-19(17)27-28(18-8-4-3-6-16(18)24)20(21)14-9-11-15(23)12-10-14/h3-4,6,8-12,17H,2,5,7,13H2,1H3,(H2,25,26,29). The Kier molecular flexibility index (Phi) is 6.16. The molecule has 1 atom stereocenters. The first kappa shape index (κ1) is 20.6. The molecular weight excluding hydrogens is 423 g/mol. The van der Waals surface area contributed by atoms with Crippen molar-refractivity contribution in [2.45, 2.75) is 25.8 Å². The smallest absolute Gasteiger partial charge is 0.315 e. The van der Waals surface area contributed by atoms with Crippen LogP contribution in [0.5, 0.6) is 5.75 Å². The number of carbonyl (C=O) groups excluding carboxylic acids is 1. The molecule has 0 spiro atoms. The van der Waals surface area contributed by atoms with Crippen LogP contribution in [0.1, 0.15) is 31.5 Å². The predicted octanol–water partition coefficient (Wildman–Crippen LogP) is 5.38. The normalized spacial score (nSPS) is 15.6. The Bertz CT molecular complexity index is 1050. The van der Waals surface area contributed by atoms with E-state index in [4.69, 9.17) is 33.0 Å². The van der Waals surface area contributed by atoms with Gasteiger partial charge >= 0.3 is 6.03 Å². The highest BCUT2D eigenvalue weighted by molar-refractivity contribution is 6.32. The van der Waals surface area contributed by atoms with Crippen molar-refractivity contribution >= 4 is 29.2 Å². The number of hydrogen-bond acceptors (Lipinski definition) is 3. The van der Waals surface area contributed by atoms with Crippen LogP contribution in [0, 0.1) is 0 Å². The molecule has 30 heavy (non-hydrogen) atoms. The van der Waals surface area contributed by atoms with Gasteiger partial charge in [0, 0.05) is 17.1 Å². The van der Waals surface area contributed by atoms with Gasteiger partial charge in [-0.2, -0.15) is 5.10 Å². The Hall–Kier alpha value is -2.70. The second kappa shape index (κ2) is 8.98. The number of fused-ring (bicyclic) bond motifs is 1. The molecular formula is C22H22Cl2N4O2. The van der Waals surface area contributed by atoms with Gasteiger partial charge in [-0.25, -0.2) is 9.48 Å². The summed E-state index contributed by atoms with van der Waals surface area (Å²) < 4.78 is 7.93. The minimum absolute atomic E-state index is 0.226. The molecule has 1 unspecified atom stereocenters. The summed E-state index contributed by atoms with van der Waals surface area (Å²) in [6.45, 7) is 2.97. The molecule has 0 radical (unpaired) electrons. The van der Waals surface area contributed by atoms with Crippen LogP contribution in [0.15, 0.2) is 48.5 Å². The van der Waals surface area contributed by atoms with E-state index >= 15 is 0 Å². The fraction of sp³-hybridized carbons (Fsp3) is 0.273. The second-order valence-electron chi connectivity index (χ2n) is 6.98. The van der Waals surface area contributed by atoms with Crippen LogP contribution in [-0.4, -0.2) is 29.0 Å². The van der Waals surface area contributed by atoms with Gasteiger partial charge < -0.3 is 15.4 Å². The minimum atomic E-state index is -0.274. The predicted molar refractivity (Wildman–Crippen MR) is 119 cm³/mol. The summed E-state index contributed by atoms with van der Waals surface area (Å²) in [5.41, 5.74) is 3.09. The van der Waals surface area contributed by atoms with Gasteiger partial charge in [0.05, 0.1) is 23.4 Å². The molecule has 2 amide bonds. The van der Waals surface area contributed by atoms with E-state index in [-0.39, 0.29) is 12.1 Å². The number of amides is 2. The molecule has 8 heteroatoms. The fourth-order valence-corrected chi connectivity index (χ4v) is 3.90. The first-order chi connectivity index (χ1) is 14.6. The summed E-state index contributed by atoms with van der Waals surface area (Å²) in [5, 5.41) is 11.9. The van der Waals surface area contributed by atoms with E-state index < -0.39 is 0 Å². The molecule has 2 N–H and O–H groups in total. The number of para-hydroxylation sites is 1. The molecule has 0 saturated heterocycles. The van der Waals surface area contributed by atoms with E-state index in [2.05, 4.69) is 10.6 Å². The number of aromatic nitrogens is 2. The van der Waals surface area contributed by atoms with Crippen LogP contribution >= 0.6 is 23.2 Å². The second-order valence-corrected chi connectivity index (χ2v) is 7.82. The number of nitrogens with one attached hydrogen (secondary N) is 2. The molecule has 0 saturated carbocycles. The number of benzene rings is 2. The average Bonchev–Trinajstić information content (AvgIpc) is 3.00. The summed E-state index contributed by atoms with van der Waals surface area (Å²) in [4.78, 5) is 12.2. The average molecular weight is 445 g/mol. The molecule has 6 nitrogen and oxygen atoms in total. The molecule has 0 aliphatic carbocycles. The van der Waals surface area contributed by atoms with Crippen molar-refractivity contribution in [2.24, 2.45) is 0 Å². The first-order valence-corrected chi connectivity index (χ1v) is 10.6. The van der Waals surface area contributed by atoms with Gasteiger partial charge in [0.15, 0.2) is 5.75 Å². The summed E-state index contributed by atoms with van der Waals surface area (Å²) in [7, 11) is 0. The summed E-state index contributed by atoms with van der Waals surface area (Å²) in [6, 6.07) is 14.5. The summed E-state index contributed by atoms with van der Waals surface area (Å²) in [6.07, 6.45) is 1.53. The molecule has 1 aliphatic heterocycles. The minimum Gasteiger partial charge on any atom is -0.489 e. The zero-order chi connectivity index (χ0) is 21.1. The third-order valence-corrected chi connectivity index (χ3v) is 5.49. The van der Waals surface area contributed by atoms with Gasteiger partial charge in [0.25, 0.3) is 0 Å². The monoisotopic (exact) mass is 444 g/mol. The number of rotatable bonds is 4. The lowest BCUT2D eigenvalue weighted by Crippen LogP contribution is -2.37. The largest absolute Gasteiger partial charge is 0.489 e. The van der Waals surface area contributed by atoms with E-state index in [1.807, 2.05) is 55.5 Å². The molecule has 0 fully saturated rings. The van der Waals surface area contributed by atoms with E-state index in [0.717, 1.165) is 29.8 Å². The lowest BCUT2D eigenvalue weighted by molar-refractivity contribution is 0.236. The van der Waals surface area contributed by atoms with Gasteiger partial charge in [-0.05, 0) is 44.0 Å². The van der Waals surface area contributed by atoms with Crippen molar-refractivity contribution in [3.63, 3.8) is 0 Å². The zero-order valence-electron chi connectivity index (χ0n) is 16.5. The Morgan fingerprint density at radius 1 is 1.20 bits per heavy atom. The third-order valence-electron chi connectivity index (χ3n) is 4.92. The highest BCUT2D eigenvalue weighted by Gasteiger charge is 2.30. The third kappa shape index (κ3) is 4.11. The lowest BCUT2D eigenvalue weighted by Gasteiger charge is -2.15. The van der Waals surface area contributed by atoms with Gasteiger partial charge in [-0.1, -0.05) is 47.5 Å². The SMILES string of the molecule is CCNC(=O)NC1CCCOc2c1nn(-c1ccccc1Cl)c2-c1ccc(Cl)cc1. The molecule has 2 heterocycles. The first-order valence-electron chi connectivity index (χ1n) is 9.89. The van der Waals surface area contributed by atoms with Crippen LogP contribution in [-0.2, 0) is 0 Å². The summed E-state index contributed by atoms with van der Waals surface area (Å²) in [5.74, 6) is 0.650. The highest BCUT2D eigenvalue weighted by Crippen LogP contribution is 2.42. The Morgan fingerprint density at radius 3 is 2.70 bits per heavy atom. The maximum absolute atomic E-state index is 12.2. The molecule has 0 bridgehead atoms. The summed E-state index contributed by atoms with van der Waals surface area (Å²) >= 11 is 12.6. The topological polar surface area (TPSA) is 68.2 Å². The number of carbonyl (C=O) groups is 1. The van der Waals surface area contributed by atoms with Crippen LogP contribution < -0.4 is 15.4 Å².